The van der Waals surface area contributed by atoms with Crippen LogP contribution in [0.4, 0.5) is 24.7 Å². The number of nitrogens with zero attached hydrogens (tertiary/aromatic N) is 1. The Balaban J connectivity index is 1.89. The van der Waals surface area contributed by atoms with Crippen LogP contribution in [-0.2, 0) is 6.18 Å². The van der Waals surface area contributed by atoms with E-state index in [4.69, 9.17) is 0 Å². The summed E-state index contributed by atoms with van der Waals surface area (Å²) in [5.41, 5.74) is 0.0840. The molecule has 0 bridgehead atoms. The van der Waals surface area contributed by atoms with E-state index >= 15 is 0 Å². The smallest absolute Gasteiger partial charge is 0.418 e. The third kappa shape index (κ3) is 3.27. The minimum absolute atomic E-state index is 0.107. The number of benzene rings is 2. The fourth-order valence-corrected chi connectivity index (χ4v) is 2.19. The highest BCUT2D eigenvalue weighted by atomic mass is 19.4. The maximum absolute atomic E-state index is 13.0. The lowest BCUT2D eigenvalue weighted by Gasteiger charge is -2.13. The van der Waals surface area contributed by atoms with E-state index in [2.05, 4.69) is 15.5 Å². The van der Waals surface area contributed by atoms with E-state index in [1.165, 1.54) is 12.1 Å². The minimum atomic E-state index is -4.61. The predicted molar refractivity (Wildman–Crippen MR) is 82.1 cm³/mol. The average molecular weight is 335 g/mol. The van der Waals surface area contributed by atoms with E-state index in [1.807, 2.05) is 0 Å². The van der Waals surface area contributed by atoms with Gasteiger partial charge in [0.05, 0.1) is 16.9 Å². The maximum atomic E-state index is 13.0. The lowest BCUT2D eigenvalue weighted by Crippen LogP contribution is -2.08. The molecule has 8 heteroatoms. The van der Waals surface area contributed by atoms with E-state index in [9.17, 15) is 23.4 Å². The molecule has 0 atom stereocenters. The highest BCUT2D eigenvalue weighted by Gasteiger charge is 2.34. The lowest BCUT2D eigenvalue weighted by atomic mass is 10.1. The second-order valence-corrected chi connectivity index (χ2v) is 5.07. The van der Waals surface area contributed by atoms with Crippen molar-refractivity contribution in [2.24, 2.45) is 0 Å². The average Bonchev–Trinajstić information content (AvgIpc) is 2.97. The van der Waals surface area contributed by atoms with E-state index in [1.54, 1.807) is 18.2 Å². The Labute approximate surface area is 134 Å². The first-order valence-electron chi connectivity index (χ1n) is 6.85. The molecule has 2 aromatic carbocycles. The van der Waals surface area contributed by atoms with Crippen molar-refractivity contribution in [1.82, 2.24) is 10.2 Å². The van der Waals surface area contributed by atoms with Crippen molar-refractivity contribution in [3.63, 3.8) is 0 Å². The molecule has 4 N–H and O–H groups in total. The number of anilines is 2. The van der Waals surface area contributed by atoms with Crippen LogP contribution >= 0.6 is 0 Å². The topological polar surface area (TPSA) is 81.2 Å². The van der Waals surface area contributed by atoms with Gasteiger partial charge in [0.25, 0.3) is 0 Å². The van der Waals surface area contributed by atoms with Gasteiger partial charge in [0.1, 0.15) is 11.5 Å². The molecular weight excluding hydrogens is 323 g/mol. The number of phenols is 2. The van der Waals surface area contributed by atoms with Crippen molar-refractivity contribution in [3.8, 4) is 22.8 Å². The largest absolute Gasteiger partial charge is 0.508 e. The molecular formula is C16H12F3N3O2. The van der Waals surface area contributed by atoms with Crippen LogP contribution in [0, 0.1) is 0 Å². The van der Waals surface area contributed by atoms with Gasteiger partial charge in [-0.05, 0) is 48.0 Å². The molecule has 3 rings (SSSR count). The number of halogens is 3. The van der Waals surface area contributed by atoms with Crippen LogP contribution in [0.1, 0.15) is 5.56 Å². The summed E-state index contributed by atoms with van der Waals surface area (Å²) >= 11 is 0. The van der Waals surface area contributed by atoms with Crippen LogP contribution < -0.4 is 5.32 Å². The Hall–Kier alpha value is -3.16. The fraction of sp³-hybridized carbons (Fsp3) is 0.0625. The molecule has 0 radical (unpaired) electrons. The number of hydrogen-bond donors (Lipinski definition) is 4. The van der Waals surface area contributed by atoms with Gasteiger partial charge in [-0.3, -0.25) is 5.10 Å². The molecule has 0 aliphatic carbocycles. The van der Waals surface area contributed by atoms with E-state index in [-0.39, 0.29) is 17.3 Å². The Morgan fingerprint density at radius 1 is 0.917 bits per heavy atom. The van der Waals surface area contributed by atoms with E-state index in [0.717, 1.165) is 17.7 Å². The summed E-state index contributed by atoms with van der Waals surface area (Å²) in [7, 11) is 0. The van der Waals surface area contributed by atoms with Crippen molar-refractivity contribution < 1.29 is 23.4 Å². The molecule has 0 aliphatic rings. The van der Waals surface area contributed by atoms with Gasteiger partial charge in [0, 0.05) is 6.07 Å². The molecule has 0 aliphatic heterocycles. The zero-order valence-electron chi connectivity index (χ0n) is 12.1. The van der Waals surface area contributed by atoms with Crippen molar-refractivity contribution in [3.05, 3.63) is 54.1 Å². The molecule has 1 aromatic heterocycles. The molecule has 5 nitrogen and oxygen atoms in total. The normalized spacial score (nSPS) is 11.5. The molecule has 3 aromatic rings. The molecule has 0 spiro atoms. The molecule has 0 saturated heterocycles. The lowest BCUT2D eigenvalue weighted by molar-refractivity contribution is -0.137. The number of aromatic hydroxyl groups is 2. The van der Waals surface area contributed by atoms with Gasteiger partial charge in [-0.15, -0.1) is 0 Å². The number of nitrogens with one attached hydrogen (secondary N) is 2. The van der Waals surface area contributed by atoms with Crippen LogP contribution in [0.3, 0.4) is 0 Å². The number of rotatable bonds is 3. The molecule has 24 heavy (non-hydrogen) atoms. The molecule has 0 amide bonds. The summed E-state index contributed by atoms with van der Waals surface area (Å²) in [6.07, 6.45) is -4.61. The Kier molecular flexibility index (Phi) is 3.80. The molecule has 1 heterocycles. The Morgan fingerprint density at radius 3 is 2.25 bits per heavy atom. The predicted octanol–water partition coefficient (Wildman–Crippen LogP) is 4.25. The van der Waals surface area contributed by atoms with Gasteiger partial charge < -0.3 is 15.5 Å². The van der Waals surface area contributed by atoms with Crippen LogP contribution in [0.15, 0.2) is 48.5 Å². The van der Waals surface area contributed by atoms with Crippen molar-refractivity contribution >= 4 is 11.5 Å². The first-order valence-corrected chi connectivity index (χ1v) is 6.85. The van der Waals surface area contributed by atoms with Crippen LogP contribution in [0.5, 0.6) is 11.5 Å². The highest BCUT2D eigenvalue weighted by molar-refractivity contribution is 5.68. The van der Waals surface area contributed by atoms with Crippen LogP contribution in [-0.4, -0.2) is 20.4 Å². The number of hydrogen-bond acceptors (Lipinski definition) is 4. The van der Waals surface area contributed by atoms with Gasteiger partial charge in [-0.1, -0.05) is 0 Å². The number of aromatic amines is 1. The van der Waals surface area contributed by atoms with Gasteiger partial charge in [0.2, 0.25) is 0 Å². The second kappa shape index (κ2) is 5.80. The second-order valence-electron chi connectivity index (χ2n) is 5.07. The summed E-state index contributed by atoms with van der Waals surface area (Å²) in [5, 5.41) is 27.8. The van der Waals surface area contributed by atoms with E-state index < -0.39 is 17.5 Å². The van der Waals surface area contributed by atoms with Gasteiger partial charge in [0.15, 0.2) is 5.82 Å². The Morgan fingerprint density at radius 2 is 1.58 bits per heavy atom. The first kappa shape index (κ1) is 15.7. The number of alkyl halides is 3. The van der Waals surface area contributed by atoms with Crippen molar-refractivity contribution in [2.45, 2.75) is 6.18 Å². The summed E-state index contributed by atoms with van der Waals surface area (Å²) < 4.78 is 39.1. The summed E-state index contributed by atoms with van der Waals surface area (Å²) in [5.74, 6) is -0.176. The van der Waals surface area contributed by atoms with Crippen LogP contribution in [0.2, 0.25) is 0 Å². The Bertz CT molecular complexity index is 858. The first-order chi connectivity index (χ1) is 11.3. The number of H-pyrrole nitrogens is 1. The summed E-state index contributed by atoms with van der Waals surface area (Å²) in [6, 6.07) is 10.8. The third-order valence-corrected chi connectivity index (χ3v) is 3.33. The monoisotopic (exact) mass is 335 g/mol. The number of phenolic OH excluding ortho intramolecular Hbond substituents is 2. The number of aromatic nitrogens is 2. The molecule has 0 fully saturated rings. The van der Waals surface area contributed by atoms with Crippen LogP contribution in [0.25, 0.3) is 11.3 Å². The SMILES string of the molecule is Oc1ccc(-c2cc(Nc3ccc(O)cc3C(F)(F)F)n[nH]2)cc1. The summed E-state index contributed by atoms with van der Waals surface area (Å²) in [6.45, 7) is 0. The summed E-state index contributed by atoms with van der Waals surface area (Å²) in [4.78, 5) is 0. The van der Waals surface area contributed by atoms with Gasteiger partial charge in [-0.2, -0.15) is 18.3 Å². The van der Waals surface area contributed by atoms with Crippen molar-refractivity contribution in [2.75, 3.05) is 5.32 Å². The van der Waals surface area contributed by atoms with Gasteiger partial charge >= 0.3 is 6.18 Å². The minimum Gasteiger partial charge on any atom is -0.508 e. The van der Waals surface area contributed by atoms with Gasteiger partial charge in [-0.25, -0.2) is 0 Å². The maximum Gasteiger partial charge on any atom is 0.418 e. The highest BCUT2D eigenvalue weighted by Crippen LogP contribution is 2.38. The van der Waals surface area contributed by atoms with E-state index in [0.29, 0.717) is 11.8 Å². The fourth-order valence-electron chi connectivity index (χ4n) is 2.19. The standard InChI is InChI=1S/C16H12F3N3O2/c17-16(18,19)12-7-11(24)5-6-13(12)20-15-8-14(21-22-15)9-1-3-10(23)4-2-9/h1-8,23-24H,(H2,20,21,22). The molecule has 124 valence electrons. The third-order valence-electron chi connectivity index (χ3n) is 3.33. The zero-order chi connectivity index (χ0) is 17.3. The zero-order valence-corrected chi connectivity index (χ0v) is 12.1. The quantitative estimate of drug-likeness (QED) is 0.539. The van der Waals surface area contributed by atoms with Crippen molar-refractivity contribution in [1.29, 1.82) is 0 Å². The molecule has 0 saturated carbocycles. The molecule has 0 unspecified atom stereocenters.